The lowest BCUT2D eigenvalue weighted by Crippen LogP contribution is -2.19. The number of ether oxygens (including phenoxy) is 2. The van der Waals surface area contributed by atoms with Crippen LogP contribution in [0, 0.1) is 0 Å². The molecule has 0 bridgehead atoms. The van der Waals surface area contributed by atoms with Gasteiger partial charge < -0.3 is 14.4 Å². The quantitative estimate of drug-likeness (QED) is 0.700. The largest absolute Gasteiger partial charge is 0.495 e. The number of hydrogen-bond acceptors (Lipinski definition) is 4. The summed E-state index contributed by atoms with van der Waals surface area (Å²) in [4.78, 5) is 12.9. The molecule has 6 nitrogen and oxygen atoms in total. The molecular weight excluding hydrogens is 306 g/mol. The van der Waals surface area contributed by atoms with Gasteiger partial charge in [0.05, 0.1) is 43.7 Å². The fraction of sp³-hybridized carbons (Fsp3) is 0.333. The van der Waals surface area contributed by atoms with E-state index < -0.39 is 0 Å². The molecule has 0 fully saturated rings. The van der Waals surface area contributed by atoms with Crippen LogP contribution >= 0.6 is 11.6 Å². The molecule has 0 radical (unpaired) electrons. The van der Waals surface area contributed by atoms with Gasteiger partial charge in [-0.3, -0.25) is 9.48 Å². The highest BCUT2D eigenvalue weighted by molar-refractivity contribution is 6.32. The number of carbonyl (C=O) groups is 1. The van der Waals surface area contributed by atoms with E-state index in [9.17, 15) is 4.79 Å². The van der Waals surface area contributed by atoms with E-state index in [1.54, 1.807) is 42.3 Å². The van der Waals surface area contributed by atoms with Gasteiger partial charge in [0, 0.05) is 13.3 Å². The summed E-state index contributed by atoms with van der Waals surface area (Å²) in [5.74, 6) is 0.584. The van der Waals surface area contributed by atoms with E-state index in [1.165, 1.54) is 0 Å². The van der Waals surface area contributed by atoms with Gasteiger partial charge in [-0.1, -0.05) is 17.7 Å². The average Bonchev–Trinajstić information content (AvgIpc) is 3.00. The predicted octanol–water partition coefficient (Wildman–Crippen LogP) is 2.35. The van der Waals surface area contributed by atoms with Gasteiger partial charge in [-0.05, 0) is 17.7 Å². The molecule has 0 spiro atoms. The maximum absolute atomic E-state index is 11.4. The minimum atomic E-state index is 0.410. The number of halogens is 1. The number of aromatic nitrogens is 2. The zero-order valence-electron chi connectivity index (χ0n) is 12.5. The van der Waals surface area contributed by atoms with Gasteiger partial charge in [0.2, 0.25) is 6.41 Å². The standard InChI is InChI=1S/C15H18ClN3O3/c1-21-6-5-19-10-13(8-17-19)18(11-20)9-12-3-4-14(16)15(7-12)22-2/h3-4,7-8,10-11H,5-6,9H2,1-2H3. The monoisotopic (exact) mass is 323 g/mol. The number of anilines is 1. The van der Waals surface area contributed by atoms with E-state index in [1.807, 2.05) is 12.1 Å². The lowest BCUT2D eigenvalue weighted by molar-refractivity contribution is -0.107. The highest BCUT2D eigenvalue weighted by Gasteiger charge is 2.10. The van der Waals surface area contributed by atoms with Crippen LogP contribution in [-0.2, 0) is 22.6 Å². The summed E-state index contributed by atoms with van der Waals surface area (Å²) < 4.78 is 11.9. The summed E-state index contributed by atoms with van der Waals surface area (Å²) in [5.41, 5.74) is 1.64. The normalized spacial score (nSPS) is 10.5. The van der Waals surface area contributed by atoms with Crippen LogP contribution in [0.1, 0.15) is 5.56 Å². The van der Waals surface area contributed by atoms with E-state index in [2.05, 4.69) is 5.10 Å². The minimum Gasteiger partial charge on any atom is -0.495 e. The Morgan fingerprint density at radius 1 is 1.41 bits per heavy atom. The van der Waals surface area contributed by atoms with E-state index in [-0.39, 0.29) is 0 Å². The van der Waals surface area contributed by atoms with Crippen LogP contribution in [0.15, 0.2) is 30.6 Å². The Bertz CT molecular complexity index is 630. The van der Waals surface area contributed by atoms with Crippen LogP contribution in [0.25, 0.3) is 0 Å². The third-order valence-corrected chi connectivity index (χ3v) is 3.48. The fourth-order valence-corrected chi connectivity index (χ4v) is 2.19. The van der Waals surface area contributed by atoms with Crippen molar-refractivity contribution in [3.8, 4) is 5.75 Å². The van der Waals surface area contributed by atoms with Crippen molar-refractivity contribution in [2.45, 2.75) is 13.1 Å². The Kier molecular flexibility index (Phi) is 5.80. The van der Waals surface area contributed by atoms with E-state index in [4.69, 9.17) is 21.1 Å². The van der Waals surface area contributed by atoms with Gasteiger partial charge in [-0.25, -0.2) is 0 Å². The summed E-state index contributed by atoms with van der Waals surface area (Å²) in [6, 6.07) is 5.42. The number of nitrogens with zero attached hydrogens (tertiary/aromatic N) is 3. The molecule has 7 heteroatoms. The third-order valence-electron chi connectivity index (χ3n) is 3.17. The van der Waals surface area contributed by atoms with Crippen LogP contribution in [0.5, 0.6) is 5.75 Å². The molecule has 1 heterocycles. The van der Waals surface area contributed by atoms with E-state index >= 15 is 0 Å². The zero-order chi connectivity index (χ0) is 15.9. The van der Waals surface area contributed by atoms with Gasteiger partial charge >= 0.3 is 0 Å². The molecule has 0 saturated heterocycles. The highest BCUT2D eigenvalue weighted by Crippen LogP contribution is 2.26. The number of benzene rings is 1. The molecule has 0 unspecified atom stereocenters. The second-order valence-electron chi connectivity index (χ2n) is 4.66. The number of carbonyl (C=O) groups excluding carboxylic acids is 1. The lowest BCUT2D eigenvalue weighted by atomic mass is 10.2. The summed E-state index contributed by atoms with van der Waals surface area (Å²) in [6.07, 6.45) is 4.23. The second kappa shape index (κ2) is 7.82. The van der Waals surface area contributed by atoms with Crippen LogP contribution in [0.4, 0.5) is 5.69 Å². The van der Waals surface area contributed by atoms with Gasteiger partial charge in [-0.2, -0.15) is 5.10 Å². The Hall–Kier alpha value is -2.05. The summed E-state index contributed by atoms with van der Waals surface area (Å²) in [7, 11) is 3.19. The molecule has 0 N–H and O–H groups in total. The molecule has 2 aromatic rings. The number of hydrogen-bond donors (Lipinski definition) is 0. The Labute approximate surface area is 134 Å². The summed E-state index contributed by atoms with van der Waals surface area (Å²) in [5, 5.41) is 4.74. The fourth-order valence-electron chi connectivity index (χ4n) is 2.00. The minimum absolute atomic E-state index is 0.410. The molecule has 0 aliphatic carbocycles. The number of methoxy groups -OCH3 is 2. The van der Waals surface area contributed by atoms with Crippen LogP contribution in [-0.4, -0.2) is 37.0 Å². The molecule has 0 aliphatic heterocycles. The van der Waals surface area contributed by atoms with Crippen molar-refractivity contribution in [1.82, 2.24) is 9.78 Å². The first-order valence-corrected chi connectivity index (χ1v) is 7.11. The first kappa shape index (κ1) is 16.3. The Morgan fingerprint density at radius 3 is 2.91 bits per heavy atom. The first-order chi connectivity index (χ1) is 10.7. The Balaban J connectivity index is 2.11. The second-order valence-corrected chi connectivity index (χ2v) is 5.06. The topological polar surface area (TPSA) is 56.6 Å². The van der Waals surface area contributed by atoms with Gasteiger partial charge in [0.1, 0.15) is 5.75 Å². The lowest BCUT2D eigenvalue weighted by Gasteiger charge is -2.16. The Morgan fingerprint density at radius 2 is 2.23 bits per heavy atom. The number of rotatable bonds is 8. The summed E-state index contributed by atoms with van der Waals surface area (Å²) >= 11 is 6.00. The highest BCUT2D eigenvalue weighted by atomic mass is 35.5. The predicted molar refractivity (Wildman–Crippen MR) is 84.4 cm³/mol. The van der Waals surface area contributed by atoms with Crippen molar-refractivity contribution in [2.75, 3.05) is 25.7 Å². The average molecular weight is 324 g/mol. The van der Waals surface area contributed by atoms with Crippen molar-refractivity contribution in [3.63, 3.8) is 0 Å². The molecule has 1 aromatic carbocycles. The SMILES string of the molecule is COCCn1cc(N(C=O)Cc2ccc(Cl)c(OC)c2)cn1. The molecule has 0 aliphatic rings. The van der Waals surface area contributed by atoms with E-state index in [0.717, 1.165) is 17.7 Å². The van der Waals surface area contributed by atoms with Crippen molar-refractivity contribution < 1.29 is 14.3 Å². The maximum Gasteiger partial charge on any atom is 0.214 e. The molecule has 118 valence electrons. The number of amides is 1. The van der Waals surface area contributed by atoms with Crippen molar-refractivity contribution >= 4 is 23.7 Å². The van der Waals surface area contributed by atoms with Gasteiger partial charge in [-0.15, -0.1) is 0 Å². The molecule has 22 heavy (non-hydrogen) atoms. The smallest absolute Gasteiger partial charge is 0.214 e. The maximum atomic E-state index is 11.4. The third kappa shape index (κ3) is 3.99. The first-order valence-electron chi connectivity index (χ1n) is 6.73. The van der Waals surface area contributed by atoms with Gasteiger partial charge in [0.15, 0.2) is 0 Å². The van der Waals surface area contributed by atoms with Crippen LogP contribution in [0.3, 0.4) is 0 Å². The molecular formula is C15H18ClN3O3. The molecule has 1 aromatic heterocycles. The molecule has 0 atom stereocenters. The van der Waals surface area contributed by atoms with Crippen molar-refractivity contribution in [2.24, 2.45) is 0 Å². The van der Waals surface area contributed by atoms with Crippen molar-refractivity contribution in [3.05, 3.63) is 41.2 Å². The molecule has 1 amide bonds. The summed E-state index contributed by atoms with van der Waals surface area (Å²) in [6.45, 7) is 1.61. The van der Waals surface area contributed by atoms with E-state index in [0.29, 0.717) is 30.5 Å². The van der Waals surface area contributed by atoms with Crippen molar-refractivity contribution in [1.29, 1.82) is 0 Å². The zero-order valence-corrected chi connectivity index (χ0v) is 13.3. The van der Waals surface area contributed by atoms with Gasteiger partial charge in [0.25, 0.3) is 0 Å². The van der Waals surface area contributed by atoms with Crippen LogP contribution in [0.2, 0.25) is 5.02 Å². The molecule has 2 rings (SSSR count). The van der Waals surface area contributed by atoms with Crippen LogP contribution < -0.4 is 9.64 Å². The molecule has 0 saturated carbocycles.